The van der Waals surface area contributed by atoms with Gasteiger partial charge in [0.15, 0.2) is 0 Å². The molecular weight excluding hydrogens is 306 g/mol. The standard InChI is InChI=1S/C18H21N3O3/c1-21-10-8-16(9-11-21)24-18-7-4-14(13-19-18)20-17(22)6-5-15-3-2-12-23-15/h2-7,12-13,16H,8-11H2,1H3,(H,20,22)/b6-5+. The minimum Gasteiger partial charge on any atom is -0.474 e. The predicted molar refractivity (Wildman–Crippen MR) is 91.8 cm³/mol. The molecule has 1 N–H and O–H groups in total. The lowest BCUT2D eigenvalue weighted by Crippen LogP contribution is -2.35. The van der Waals surface area contributed by atoms with Gasteiger partial charge in [-0.1, -0.05) is 0 Å². The molecule has 2 aromatic rings. The summed E-state index contributed by atoms with van der Waals surface area (Å²) in [5, 5.41) is 2.75. The monoisotopic (exact) mass is 327 g/mol. The Morgan fingerprint density at radius 2 is 2.21 bits per heavy atom. The minimum atomic E-state index is -0.239. The summed E-state index contributed by atoms with van der Waals surface area (Å²) in [7, 11) is 2.12. The van der Waals surface area contributed by atoms with Gasteiger partial charge in [-0.05, 0) is 44.2 Å². The highest BCUT2D eigenvalue weighted by molar-refractivity contribution is 6.01. The lowest BCUT2D eigenvalue weighted by atomic mass is 10.1. The molecule has 3 heterocycles. The number of hydrogen-bond donors (Lipinski definition) is 1. The summed E-state index contributed by atoms with van der Waals surface area (Å²) in [6.45, 7) is 2.08. The molecule has 0 bridgehead atoms. The lowest BCUT2D eigenvalue weighted by molar-refractivity contribution is -0.111. The van der Waals surface area contributed by atoms with Crippen molar-refractivity contribution in [1.82, 2.24) is 9.88 Å². The van der Waals surface area contributed by atoms with Gasteiger partial charge in [0, 0.05) is 25.2 Å². The average Bonchev–Trinajstić information content (AvgIpc) is 3.10. The van der Waals surface area contributed by atoms with Crippen molar-refractivity contribution in [1.29, 1.82) is 0 Å². The molecule has 0 aliphatic carbocycles. The fourth-order valence-electron chi connectivity index (χ4n) is 2.53. The molecule has 6 nitrogen and oxygen atoms in total. The molecule has 0 spiro atoms. The molecule has 1 fully saturated rings. The number of nitrogens with zero attached hydrogens (tertiary/aromatic N) is 2. The zero-order chi connectivity index (χ0) is 16.8. The van der Waals surface area contributed by atoms with E-state index in [1.165, 1.54) is 6.08 Å². The predicted octanol–water partition coefficient (Wildman–Crippen LogP) is 2.80. The number of piperidine rings is 1. The maximum atomic E-state index is 11.8. The van der Waals surface area contributed by atoms with Crippen molar-refractivity contribution in [3.8, 4) is 5.88 Å². The lowest BCUT2D eigenvalue weighted by Gasteiger charge is -2.28. The second-order valence-electron chi connectivity index (χ2n) is 5.84. The summed E-state index contributed by atoms with van der Waals surface area (Å²) in [6, 6.07) is 7.12. The molecule has 0 saturated carbocycles. The second kappa shape index (κ2) is 7.79. The van der Waals surface area contributed by atoms with E-state index in [0.29, 0.717) is 17.3 Å². The first kappa shape index (κ1) is 16.3. The van der Waals surface area contributed by atoms with Gasteiger partial charge < -0.3 is 19.4 Å². The molecule has 0 atom stereocenters. The van der Waals surface area contributed by atoms with Crippen LogP contribution in [-0.4, -0.2) is 42.0 Å². The molecule has 24 heavy (non-hydrogen) atoms. The van der Waals surface area contributed by atoms with Crippen LogP contribution in [0.1, 0.15) is 18.6 Å². The number of carbonyl (C=O) groups excluding carboxylic acids is 1. The van der Waals surface area contributed by atoms with Crippen LogP contribution >= 0.6 is 0 Å². The quantitative estimate of drug-likeness (QED) is 0.855. The van der Waals surface area contributed by atoms with Crippen molar-refractivity contribution in [2.24, 2.45) is 0 Å². The average molecular weight is 327 g/mol. The van der Waals surface area contributed by atoms with E-state index in [9.17, 15) is 4.79 Å². The zero-order valence-electron chi connectivity index (χ0n) is 13.6. The first-order chi connectivity index (χ1) is 11.7. The van der Waals surface area contributed by atoms with E-state index in [2.05, 4.69) is 22.2 Å². The molecule has 1 saturated heterocycles. The number of furan rings is 1. The van der Waals surface area contributed by atoms with Crippen molar-refractivity contribution >= 4 is 17.7 Å². The van der Waals surface area contributed by atoms with Crippen LogP contribution < -0.4 is 10.1 Å². The molecule has 0 unspecified atom stereocenters. The summed E-state index contributed by atoms with van der Waals surface area (Å²) in [5.41, 5.74) is 0.625. The molecule has 1 amide bonds. The second-order valence-corrected chi connectivity index (χ2v) is 5.84. The van der Waals surface area contributed by atoms with Crippen molar-refractivity contribution < 1.29 is 13.9 Å². The van der Waals surface area contributed by atoms with Crippen LogP contribution in [0.2, 0.25) is 0 Å². The molecule has 6 heteroatoms. The number of amides is 1. The number of hydrogen-bond acceptors (Lipinski definition) is 5. The summed E-state index contributed by atoms with van der Waals surface area (Å²) in [6.07, 6.45) is 8.42. The molecule has 3 rings (SSSR count). The highest BCUT2D eigenvalue weighted by Crippen LogP contribution is 2.18. The van der Waals surface area contributed by atoms with Gasteiger partial charge in [-0.15, -0.1) is 0 Å². The van der Waals surface area contributed by atoms with Gasteiger partial charge in [-0.25, -0.2) is 4.98 Å². The number of pyridine rings is 1. The number of ether oxygens (including phenoxy) is 1. The first-order valence-electron chi connectivity index (χ1n) is 8.03. The van der Waals surface area contributed by atoms with E-state index in [1.54, 1.807) is 42.8 Å². The zero-order valence-corrected chi connectivity index (χ0v) is 13.6. The Morgan fingerprint density at radius 1 is 1.38 bits per heavy atom. The van der Waals surface area contributed by atoms with Gasteiger partial charge in [0.1, 0.15) is 11.9 Å². The fraction of sp³-hybridized carbons (Fsp3) is 0.333. The third kappa shape index (κ3) is 4.70. The van der Waals surface area contributed by atoms with Crippen LogP contribution in [0.5, 0.6) is 5.88 Å². The Labute approximate surface area is 141 Å². The largest absolute Gasteiger partial charge is 0.474 e. The van der Waals surface area contributed by atoms with Crippen molar-refractivity contribution in [2.45, 2.75) is 18.9 Å². The van der Waals surface area contributed by atoms with Gasteiger partial charge in [-0.3, -0.25) is 4.79 Å². The van der Waals surface area contributed by atoms with Crippen molar-refractivity contribution in [2.75, 3.05) is 25.5 Å². The molecule has 2 aromatic heterocycles. The number of rotatable bonds is 5. The van der Waals surface area contributed by atoms with Crippen LogP contribution in [0.4, 0.5) is 5.69 Å². The molecule has 1 aliphatic rings. The van der Waals surface area contributed by atoms with E-state index >= 15 is 0 Å². The van der Waals surface area contributed by atoms with E-state index in [-0.39, 0.29) is 12.0 Å². The topological polar surface area (TPSA) is 67.6 Å². The van der Waals surface area contributed by atoms with Gasteiger partial charge in [0.25, 0.3) is 0 Å². The van der Waals surface area contributed by atoms with Crippen molar-refractivity contribution in [3.05, 3.63) is 48.6 Å². The Balaban J connectivity index is 1.50. The number of nitrogens with one attached hydrogen (secondary N) is 1. The third-order valence-electron chi connectivity index (χ3n) is 3.90. The number of aromatic nitrogens is 1. The fourth-order valence-corrected chi connectivity index (χ4v) is 2.53. The van der Waals surface area contributed by atoms with Crippen LogP contribution in [0.25, 0.3) is 6.08 Å². The molecule has 0 aromatic carbocycles. The van der Waals surface area contributed by atoms with Crippen molar-refractivity contribution in [3.63, 3.8) is 0 Å². The maximum absolute atomic E-state index is 11.8. The first-order valence-corrected chi connectivity index (χ1v) is 8.03. The number of anilines is 1. The highest BCUT2D eigenvalue weighted by atomic mass is 16.5. The normalized spacial score (nSPS) is 16.4. The molecular formula is C18H21N3O3. The Bertz CT molecular complexity index is 672. The van der Waals surface area contributed by atoms with Gasteiger partial charge in [-0.2, -0.15) is 0 Å². The minimum absolute atomic E-state index is 0.213. The van der Waals surface area contributed by atoms with Gasteiger partial charge >= 0.3 is 0 Å². The van der Waals surface area contributed by atoms with E-state index in [0.717, 1.165) is 25.9 Å². The van der Waals surface area contributed by atoms with Crippen LogP contribution in [0, 0.1) is 0 Å². The molecule has 1 aliphatic heterocycles. The van der Waals surface area contributed by atoms with Crippen LogP contribution in [0.15, 0.2) is 47.2 Å². The number of likely N-dealkylation sites (tertiary alicyclic amines) is 1. The van der Waals surface area contributed by atoms with E-state index in [1.807, 2.05) is 0 Å². The Morgan fingerprint density at radius 3 is 2.88 bits per heavy atom. The third-order valence-corrected chi connectivity index (χ3v) is 3.90. The Kier molecular flexibility index (Phi) is 5.28. The van der Waals surface area contributed by atoms with E-state index in [4.69, 9.17) is 9.15 Å². The molecule has 0 radical (unpaired) electrons. The SMILES string of the molecule is CN1CCC(Oc2ccc(NC(=O)/C=C/c3ccco3)cn2)CC1. The van der Waals surface area contributed by atoms with Gasteiger partial charge in [0.05, 0.1) is 18.1 Å². The summed E-state index contributed by atoms with van der Waals surface area (Å²) in [5.74, 6) is 0.982. The number of carbonyl (C=O) groups is 1. The van der Waals surface area contributed by atoms with Crippen LogP contribution in [0.3, 0.4) is 0 Å². The smallest absolute Gasteiger partial charge is 0.248 e. The summed E-state index contributed by atoms with van der Waals surface area (Å²) in [4.78, 5) is 18.4. The maximum Gasteiger partial charge on any atom is 0.248 e. The van der Waals surface area contributed by atoms with Crippen LogP contribution in [-0.2, 0) is 4.79 Å². The molecule has 126 valence electrons. The highest BCUT2D eigenvalue weighted by Gasteiger charge is 2.18. The Hall–Kier alpha value is -2.60. The van der Waals surface area contributed by atoms with E-state index < -0.39 is 0 Å². The van der Waals surface area contributed by atoms with Gasteiger partial charge in [0.2, 0.25) is 11.8 Å². The summed E-state index contributed by atoms with van der Waals surface area (Å²) >= 11 is 0. The summed E-state index contributed by atoms with van der Waals surface area (Å²) < 4.78 is 11.0.